The Morgan fingerprint density at radius 3 is 1.30 bits per heavy atom. The average Bonchev–Trinajstić information content (AvgIpc) is 2.83. The summed E-state index contributed by atoms with van der Waals surface area (Å²) in [5.41, 5.74) is 4.54. The Balaban J connectivity index is 1.65. The van der Waals surface area contributed by atoms with Gasteiger partial charge in [0.25, 0.3) is 0 Å². The number of hydrogen-bond donors (Lipinski definition) is 0. The van der Waals surface area contributed by atoms with Crippen LogP contribution in [0.5, 0.6) is 0 Å². The van der Waals surface area contributed by atoms with E-state index in [9.17, 15) is 10.5 Å². The van der Waals surface area contributed by atoms with Crippen molar-refractivity contribution >= 4 is 21.6 Å². The van der Waals surface area contributed by atoms with Gasteiger partial charge in [-0.1, -0.05) is 60.7 Å². The molecule has 142 valence electrons. The Kier molecular flexibility index (Phi) is 6.10. The summed E-state index contributed by atoms with van der Waals surface area (Å²) in [5.74, 6) is 0. The molecule has 0 aliphatic carbocycles. The van der Waals surface area contributed by atoms with Crippen molar-refractivity contribution in [2.24, 2.45) is 0 Å². The smallest absolute Gasteiger partial charge is 0.125 e. The lowest BCUT2D eigenvalue weighted by molar-refractivity contribution is 1.12. The molecule has 0 amide bonds. The fourth-order valence-corrected chi connectivity index (χ4v) is 4.87. The number of benzene rings is 2. The van der Waals surface area contributed by atoms with E-state index in [0.717, 1.165) is 22.5 Å². The van der Waals surface area contributed by atoms with Gasteiger partial charge in [-0.25, -0.2) is 9.97 Å². The average molecular weight is 423 g/mol. The van der Waals surface area contributed by atoms with Crippen LogP contribution in [0.1, 0.15) is 11.1 Å². The maximum atomic E-state index is 9.49. The van der Waals surface area contributed by atoms with Gasteiger partial charge in [0, 0.05) is 11.1 Å². The lowest BCUT2D eigenvalue weighted by atomic mass is 10.1. The van der Waals surface area contributed by atoms with Gasteiger partial charge in [-0.2, -0.15) is 10.5 Å². The van der Waals surface area contributed by atoms with Crippen LogP contribution in [0, 0.1) is 22.7 Å². The summed E-state index contributed by atoms with van der Waals surface area (Å²) in [6.45, 7) is 0. The molecule has 0 fully saturated rings. The van der Waals surface area contributed by atoms with Gasteiger partial charge in [-0.05, 0) is 45.9 Å². The van der Waals surface area contributed by atoms with E-state index in [-0.39, 0.29) is 0 Å². The zero-order valence-electron chi connectivity index (χ0n) is 15.7. The van der Waals surface area contributed by atoms with Gasteiger partial charge in [0.2, 0.25) is 0 Å². The van der Waals surface area contributed by atoms with Crippen LogP contribution in [-0.4, -0.2) is 9.97 Å². The van der Waals surface area contributed by atoms with E-state index in [1.807, 2.05) is 72.8 Å². The molecule has 2 aromatic carbocycles. The quantitative estimate of drug-likeness (QED) is 0.349. The van der Waals surface area contributed by atoms with Crippen LogP contribution in [0.25, 0.3) is 22.5 Å². The van der Waals surface area contributed by atoms with Crippen LogP contribution in [0.15, 0.2) is 95.0 Å². The summed E-state index contributed by atoms with van der Waals surface area (Å²) < 4.78 is 0. The molecule has 0 saturated heterocycles. The summed E-state index contributed by atoms with van der Waals surface area (Å²) in [4.78, 5) is 9.35. The van der Waals surface area contributed by atoms with Crippen LogP contribution in [-0.2, 0) is 0 Å². The number of nitrogens with zero attached hydrogens (tertiary/aromatic N) is 4. The van der Waals surface area contributed by atoms with E-state index in [1.54, 1.807) is 12.1 Å². The Labute approximate surface area is 182 Å². The molecule has 4 rings (SSSR count). The standard InChI is InChI=1S/C24H14N4S2/c25-15-19-11-13-21(17-7-3-1-4-8-17)27-23(19)29-30-24-20(16-26)12-14-22(28-24)18-9-5-2-6-10-18/h1-14H. The molecular formula is C24H14N4S2. The van der Waals surface area contributed by atoms with E-state index in [0.29, 0.717) is 21.2 Å². The van der Waals surface area contributed by atoms with Gasteiger partial charge in [0.15, 0.2) is 0 Å². The molecule has 2 aromatic heterocycles. The van der Waals surface area contributed by atoms with Crippen molar-refractivity contribution in [3.63, 3.8) is 0 Å². The van der Waals surface area contributed by atoms with Crippen LogP contribution in [0.4, 0.5) is 0 Å². The van der Waals surface area contributed by atoms with Gasteiger partial charge in [0.1, 0.15) is 22.2 Å². The molecule has 30 heavy (non-hydrogen) atoms. The first kappa shape index (κ1) is 19.7. The minimum Gasteiger partial charge on any atom is -0.239 e. The summed E-state index contributed by atoms with van der Waals surface area (Å²) in [7, 11) is 2.67. The Morgan fingerprint density at radius 2 is 0.933 bits per heavy atom. The molecule has 0 spiro atoms. The third kappa shape index (κ3) is 4.36. The number of rotatable bonds is 5. The topological polar surface area (TPSA) is 73.4 Å². The molecule has 2 heterocycles. The predicted octanol–water partition coefficient (Wildman–Crippen LogP) is 6.35. The van der Waals surface area contributed by atoms with Gasteiger partial charge in [0.05, 0.1) is 22.5 Å². The molecule has 4 aromatic rings. The first-order chi connectivity index (χ1) is 14.8. The molecular weight excluding hydrogens is 408 g/mol. The highest BCUT2D eigenvalue weighted by Crippen LogP contribution is 2.40. The Bertz CT molecular complexity index is 1160. The first-order valence-electron chi connectivity index (χ1n) is 9.06. The van der Waals surface area contributed by atoms with E-state index in [4.69, 9.17) is 0 Å². The number of nitriles is 2. The van der Waals surface area contributed by atoms with Crippen molar-refractivity contribution in [3.8, 4) is 34.7 Å². The number of hydrogen-bond acceptors (Lipinski definition) is 6. The van der Waals surface area contributed by atoms with Gasteiger partial charge < -0.3 is 0 Å². The molecule has 6 heteroatoms. The van der Waals surface area contributed by atoms with E-state index in [2.05, 4.69) is 22.1 Å². The Morgan fingerprint density at radius 1 is 0.533 bits per heavy atom. The second-order valence-corrected chi connectivity index (χ2v) is 8.33. The minimum atomic E-state index is 0.491. The molecule has 0 saturated carbocycles. The van der Waals surface area contributed by atoms with Crippen molar-refractivity contribution in [3.05, 3.63) is 96.1 Å². The van der Waals surface area contributed by atoms with E-state index in [1.165, 1.54) is 21.6 Å². The van der Waals surface area contributed by atoms with Crippen molar-refractivity contribution < 1.29 is 0 Å². The van der Waals surface area contributed by atoms with Crippen molar-refractivity contribution in [1.29, 1.82) is 10.5 Å². The van der Waals surface area contributed by atoms with Crippen molar-refractivity contribution in [2.45, 2.75) is 10.1 Å². The zero-order valence-corrected chi connectivity index (χ0v) is 17.3. The lowest BCUT2D eigenvalue weighted by Crippen LogP contribution is -1.92. The van der Waals surface area contributed by atoms with Crippen LogP contribution in [0.2, 0.25) is 0 Å². The van der Waals surface area contributed by atoms with Crippen molar-refractivity contribution in [2.75, 3.05) is 0 Å². The first-order valence-corrected chi connectivity index (χ1v) is 11.2. The Hall–Kier alpha value is -3.58. The SMILES string of the molecule is N#Cc1ccc(-c2ccccc2)nc1SSc1nc(-c2ccccc2)ccc1C#N. The highest BCUT2D eigenvalue weighted by Gasteiger charge is 2.13. The summed E-state index contributed by atoms with van der Waals surface area (Å²) in [5, 5.41) is 20.2. The predicted molar refractivity (Wildman–Crippen MR) is 120 cm³/mol. The fraction of sp³-hybridized carbons (Fsp3) is 0. The fourth-order valence-electron chi connectivity index (χ4n) is 2.80. The monoisotopic (exact) mass is 422 g/mol. The molecule has 0 radical (unpaired) electrons. The van der Waals surface area contributed by atoms with Gasteiger partial charge in [-0.3, -0.25) is 0 Å². The molecule has 0 atom stereocenters. The van der Waals surface area contributed by atoms with Crippen molar-refractivity contribution in [1.82, 2.24) is 9.97 Å². The lowest BCUT2D eigenvalue weighted by Gasteiger charge is -2.08. The largest absolute Gasteiger partial charge is 0.239 e. The number of pyridine rings is 2. The normalized spacial score (nSPS) is 10.2. The summed E-state index contributed by atoms with van der Waals surface area (Å²) in [6.07, 6.45) is 0. The van der Waals surface area contributed by atoms with E-state index >= 15 is 0 Å². The molecule has 4 nitrogen and oxygen atoms in total. The zero-order chi connectivity index (χ0) is 20.8. The highest BCUT2D eigenvalue weighted by atomic mass is 33.1. The summed E-state index contributed by atoms with van der Waals surface area (Å²) in [6, 6.07) is 31.3. The molecule has 0 N–H and O–H groups in total. The summed E-state index contributed by atoms with van der Waals surface area (Å²) >= 11 is 0. The van der Waals surface area contributed by atoms with Gasteiger partial charge >= 0.3 is 0 Å². The third-order valence-electron chi connectivity index (χ3n) is 4.30. The second kappa shape index (κ2) is 9.28. The molecule has 0 aliphatic rings. The van der Waals surface area contributed by atoms with Crippen LogP contribution in [0.3, 0.4) is 0 Å². The number of aromatic nitrogens is 2. The maximum absolute atomic E-state index is 9.49. The second-order valence-electron chi connectivity index (χ2n) is 6.22. The molecule has 0 unspecified atom stereocenters. The maximum Gasteiger partial charge on any atom is 0.125 e. The highest BCUT2D eigenvalue weighted by molar-refractivity contribution is 8.76. The van der Waals surface area contributed by atoms with Crippen LogP contribution >= 0.6 is 21.6 Å². The van der Waals surface area contributed by atoms with Gasteiger partial charge in [-0.15, -0.1) is 0 Å². The minimum absolute atomic E-state index is 0.491. The van der Waals surface area contributed by atoms with Crippen LogP contribution < -0.4 is 0 Å². The van der Waals surface area contributed by atoms with E-state index < -0.39 is 0 Å². The molecule has 0 aliphatic heterocycles. The molecule has 0 bridgehead atoms. The third-order valence-corrected chi connectivity index (χ3v) is 6.52.